The van der Waals surface area contributed by atoms with Crippen molar-refractivity contribution < 1.29 is 9.59 Å². The highest BCUT2D eigenvalue weighted by molar-refractivity contribution is 6.71. The van der Waals surface area contributed by atoms with Gasteiger partial charge in [-0.25, -0.2) is 9.79 Å². The molecule has 2 aliphatic rings. The number of carbonyl (C=O) groups excluding carboxylic acids is 2. The predicted octanol–water partition coefficient (Wildman–Crippen LogP) is 2.18. The Bertz CT molecular complexity index is 686. The van der Waals surface area contributed by atoms with Crippen molar-refractivity contribution in [2.24, 2.45) is 9.98 Å². The van der Waals surface area contributed by atoms with E-state index in [1.165, 1.54) is 0 Å². The van der Waals surface area contributed by atoms with Crippen molar-refractivity contribution in [1.82, 2.24) is 5.32 Å². The third-order valence-electron chi connectivity index (χ3n) is 3.65. The molecule has 5 nitrogen and oxygen atoms in total. The Morgan fingerprint density at radius 1 is 1.11 bits per heavy atom. The van der Waals surface area contributed by atoms with Crippen molar-refractivity contribution in [2.75, 3.05) is 0 Å². The minimum Gasteiger partial charge on any atom is -0.271 e. The van der Waals surface area contributed by atoms with Crippen LogP contribution in [0, 0.1) is 13.8 Å². The fourth-order valence-electron chi connectivity index (χ4n) is 2.41. The van der Waals surface area contributed by atoms with Gasteiger partial charge in [-0.05, 0) is 36.6 Å². The van der Waals surface area contributed by atoms with E-state index in [1.807, 2.05) is 26.8 Å². The fourth-order valence-corrected chi connectivity index (χ4v) is 2.41. The minimum atomic E-state index is -0.613. The van der Waals surface area contributed by atoms with E-state index >= 15 is 0 Å². The SMILES string of the molecule is Cc1cc2c(cc1C)C(C)C1=NC(=O)NC(=O)C1=N2. The molecule has 5 heteroatoms. The molecule has 0 aromatic heterocycles. The Balaban J connectivity index is 2.26. The molecule has 0 aliphatic carbocycles. The molecule has 1 aromatic rings. The van der Waals surface area contributed by atoms with Gasteiger partial charge < -0.3 is 0 Å². The molecule has 0 fully saturated rings. The molecule has 1 atom stereocenters. The molecule has 1 N–H and O–H groups in total. The second-order valence-electron chi connectivity index (χ2n) is 4.93. The molecule has 2 aliphatic heterocycles. The summed E-state index contributed by atoms with van der Waals surface area (Å²) in [6.07, 6.45) is 0. The first-order chi connectivity index (χ1) is 8.97. The van der Waals surface area contributed by atoms with Crippen molar-refractivity contribution in [3.05, 3.63) is 28.8 Å². The summed E-state index contributed by atoms with van der Waals surface area (Å²) in [5, 5.41) is 2.16. The van der Waals surface area contributed by atoms with Gasteiger partial charge in [0.05, 0.1) is 11.4 Å². The van der Waals surface area contributed by atoms with Crippen LogP contribution < -0.4 is 5.32 Å². The normalized spacial score (nSPS) is 21.1. The van der Waals surface area contributed by atoms with E-state index in [9.17, 15) is 9.59 Å². The first-order valence-corrected chi connectivity index (χ1v) is 6.11. The Hall–Kier alpha value is -2.30. The van der Waals surface area contributed by atoms with E-state index in [0.29, 0.717) is 5.71 Å². The van der Waals surface area contributed by atoms with Crippen LogP contribution in [0.1, 0.15) is 29.5 Å². The highest BCUT2D eigenvalue weighted by atomic mass is 16.2. The number of rotatable bonds is 0. The zero-order chi connectivity index (χ0) is 13.7. The molecule has 2 heterocycles. The minimum absolute atomic E-state index is 0.100. The van der Waals surface area contributed by atoms with E-state index in [-0.39, 0.29) is 11.6 Å². The molecule has 0 radical (unpaired) electrons. The lowest BCUT2D eigenvalue weighted by Gasteiger charge is -2.26. The topological polar surface area (TPSA) is 70.9 Å². The third-order valence-corrected chi connectivity index (χ3v) is 3.65. The number of amides is 3. The second-order valence-corrected chi connectivity index (χ2v) is 4.93. The van der Waals surface area contributed by atoms with Crippen molar-refractivity contribution in [3.63, 3.8) is 0 Å². The lowest BCUT2D eigenvalue weighted by molar-refractivity contribution is -0.113. The average Bonchev–Trinajstić information content (AvgIpc) is 2.34. The number of nitrogens with one attached hydrogen (secondary N) is 1. The van der Waals surface area contributed by atoms with Gasteiger partial charge in [0, 0.05) is 5.92 Å². The zero-order valence-corrected chi connectivity index (χ0v) is 10.9. The quantitative estimate of drug-likeness (QED) is 0.771. The summed E-state index contributed by atoms with van der Waals surface area (Å²) in [7, 11) is 0. The van der Waals surface area contributed by atoms with Gasteiger partial charge in [0.15, 0.2) is 5.71 Å². The Kier molecular flexibility index (Phi) is 2.38. The lowest BCUT2D eigenvalue weighted by atomic mass is 9.86. The van der Waals surface area contributed by atoms with Crippen LogP contribution in [-0.4, -0.2) is 23.4 Å². The number of hydrogen-bond acceptors (Lipinski definition) is 3. The largest absolute Gasteiger partial charge is 0.348 e. The molecule has 3 rings (SSSR count). The highest BCUT2D eigenvalue weighted by Gasteiger charge is 2.34. The first-order valence-electron chi connectivity index (χ1n) is 6.11. The van der Waals surface area contributed by atoms with Gasteiger partial charge in [-0.2, -0.15) is 4.99 Å². The van der Waals surface area contributed by atoms with Gasteiger partial charge >= 0.3 is 6.03 Å². The van der Waals surface area contributed by atoms with Crippen LogP contribution >= 0.6 is 0 Å². The zero-order valence-electron chi connectivity index (χ0n) is 10.9. The van der Waals surface area contributed by atoms with Gasteiger partial charge in [0.25, 0.3) is 5.91 Å². The number of imide groups is 1. The Morgan fingerprint density at radius 2 is 1.79 bits per heavy atom. The summed E-state index contributed by atoms with van der Waals surface area (Å²) in [4.78, 5) is 31.4. The number of nitrogens with zero attached hydrogens (tertiary/aromatic N) is 2. The van der Waals surface area contributed by atoms with Crippen LogP contribution in [0.2, 0.25) is 0 Å². The maximum atomic E-state index is 11.8. The predicted molar refractivity (Wildman–Crippen MR) is 72.4 cm³/mol. The van der Waals surface area contributed by atoms with Crippen LogP contribution in [0.15, 0.2) is 22.1 Å². The fraction of sp³-hybridized carbons (Fsp3) is 0.286. The molecular formula is C14H13N3O2. The molecule has 0 saturated carbocycles. The van der Waals surface area contributed by atoms with Crippen LogP contribution in [-0.2, 0) is 4.79 Å². The van der Waals surface area contributed by atoms with Crippen LogP contribution in [0.3, 0.4) is 0 Å². The number of benzene rings is 1. The maximum absolute atomic E-state index is 11.8. The summed E-state index contributed by atoms with van der Waals surface area (Å²) in [6, 6.07) is 3.40. The van der Waals surface area contributed by atoms with Crippen LogP contribution in [0.25, 0.3) is 0 Å². The molecule has 96 valence electrons. The second kappa shape index (κ2) is 3.85. The van der Waals surface area contributed by atoms with E-state index in [2.05, 4.69) is 21.4 Å². The van der Waals surface area contributed by atoms with E-state index in [1.54, 1.807) is 0 Å². The Morgan fingerprint density at radius 3 is 2.53 bits per heavy atom. The molecule has 1 aromatic carbocycles. The monoisotopic (exact) mass is 255 g/mol. The van der Waals surface area contributed by atoms with Gasteiger partial charge in [-0.3, -0.25) is 10.1 Å². The van der Waals surface area contributed by atoms with Gasteiger partial charge in [-0.1, -0.05) is 13.0 Å². The average molecular weight is 255 g/mol. The molecule has 0 saturated heterocycles. The van der Waals surface area contributed by atoms with Crippen molar-refractivity contribution in [2.45, 2.75) is 26.7 Å². The number of hydrogen-bond donors (Lipinski definition) is 1. The molecule has 1 unspecified atom stereocenters. The lowest BCUT2D eigenvalue weighted by Crippen LogP contribution is -2.46. The van der Waals surface area contributed by atoms with E-state index in [0.717, 1.165) is 22.4 Å². The van der Waals surface area contributed by atoms with Gasteiger partial charge in [0.2, 0.25) is 0 Å². The number of urea groups is 1. The first kappa shape index (κ1) is 11.8. The highest BCUT2D eigenvalue weighted by Crippen LogP contribution is 2.35. The molecular weight excluding hydrogens is 242 g/mol. The van der Waals surface area contributed by atoms with Gasteiger partial charge in [-0.15, -0.1) is 0 Å². The maximum Gasteiger partial charge on any atom is 0.348 e. The van der Waals surface area contributed by atoms with Crippen molar-refractivity contribution in [1.29, 1.82) is 0 Å². The standard InChI is InChI=1S/C14H13N3O2/c1-6-4-9-8(3)11-12(13(18)17-14(19)16-11)15-10(9)5-7(6)2/h4-5,8H,1-3H3,(H,17,18,19). The number of fused-ring (bicyclic) bond motifs is 2. The number of aliphatic imine (C=N–C) groups is 2. The summed E-state index contributed by atoms with van der Waals surface area (Å²) in [5.74, 6) is -0.567. The van der Waals surface area contributed by atoms with Crippen LogP contribution in [0.5, 0.6) is 0 Å². The molecule has 19 heavy (non-hydrogen) atoms. The molecule has 0 bridgehead atoms. The molecule has 0 spiro atoms. The van der Waals surface area contributed by atoms with Crippen molar-refractivity contribution in [3.8, 4) is 0 Å². The van der Waals surface area contributed by atoms with Crippen LogP contribution in [0.4, 0.5) is 10.5 Å². The Labute approximate surface area is 110 Å². The third kappa shape index (κ3) is 1.69. The number of aryl methyl sites for hydroxylation is 2. The van der Waals surface area contributed by atoms with Gasteiger partial charge in [0.1, 0.15) is 0 Å². The van der Waals surface area contributed by atoms with Crippen molar-refractivity contribution >= 4 is 29.0 Å². The summed E-state index contributed by atoms with van der Waals surface area (Å²) < 4.78 is 0. The van der Waals surface area contributed by atoms with E-state index in [4.69, 9.17) is 0 Å². The summed E-state index contributed by atoms with van der Waals surface area (Å²) in [5.41, 5.74) is 4.80. The molecule has 3 amide bonds. The van der Waals surface area contributed by atoms with E-state index < -0.39 is 11.9 Å². The summed E-state index contributed by atoms with van der Waals surface area (Å²) >= 11 is 0. The summed E-state index contributed by atoms with van der Waals surface area (Å²) in [6.45, 7) is 5.98. The number of carbonyl (C=O) groups is 2. The smallest absolute Gasteiger partial charge is 0.271 e.